The van der Waals surface area contributed by atoms with Crippen LogP contribution in [0.5, 0.6) is 0 Å². The number of hydrogen-bond acceptors (Lipinski definition) is 3. The minimum absolute atomic E-state index is 0.209. The van der Waals surface area contributed by atoms with E-state index in [-0.39, 0.29) is 11.5 Å². The summed E-state index contributed by atoms with van der Waals surface area (Å²) in [5.41, 5.74) is 0.194. The van der Waals surface area contributed by atoms with E-state index in [1.165, 1.54) is 12.7 Å². The quantitative estimate of drug-likeness (QED) is 0.841. The molecule has 0 heterocycles. The molecule has 1 N–H and O–H groups in total. The third-order valence-corrected chi connectivity index (χ3v) is 4.37. The molecule has 1 rings (SSSR count). The topological polar surface area (TPSA) is 38.3 Å². The smallest absolute Gasteiger partial charge is 0.313 e. The summed E-state index contributed by atoms with van der Waals surface area (Å²) in [6, 6.07) is 8.11. The van der Waals surface area contributed by atoms with Crippen molar-refractivity contribution in [2.24, 2.45) is 5.41 Å². The molecule has 0 aromatic heterocycles. The average Bonchev–Trinajstić information content (AvgIpc) is 2.35. The second kappa shape index (κ2) is 6.06. The van der Waals surface area contributed by atoms with Gasteiger partial charge in [-0.1, -0.05) is 28.1 Å². The van der Waals surface area contributed by atoms with Crippen LogP contribution < -0.4 is 5.32 Å². The van der Waals surface area contributed by atoms with Gasteiger partial charge >= 0.3 is 5.97 Å². The van der Waals surface area contributed by atoms with E-state index < -0.39 is 5.41 Å². The molecule has 3 nitrogen and oxygen atoms in total. The number of halogens is 1. The molecule has 0 amide bonds. The second-order valence-corrected chi connectivity index (χ2v) is 6.64. The van der Waals surface area contributed by atoms with Crippen molar-refractivity contribution in [3.63, 3.8) is 0 Å². The number of carbonyl (C=O) groups excluding carboxylic acids is 1. The summed E-state index contributed by atoms with van der Waals surface area (Å²) in [4.78, 5) is 11.9. The molecule has 0 aliphatic heterocycles. The van der Waals surface area contributed by atoms with Crippen LogP contribution in [-0.2, 0) is 16.1 Å². The molecule has 1 aromatic rings. The summed E-state index contributed by atoms with van der Waals surface area (Å²) < 4.78 is 5.94. The summed E-state index contributed by atoms with van der Waals surface area (Å²) in [5, 5.41) is 3.44. The van der Waals surface area contributed by atoms with Gasteiger partial charge in [-0.3, -0.25) is 4.79 Å². The van der Waals surface area contributed by atoms with Gasteiger partial charge in [0.25, 0.3) is 0 Å². The number of nitrogens with one attached hydrogen (secondary N) is 1. The van der Waals surface area contributed by atoms with Gasteiger partial charge in [-0.15, -0.1) is 0 Å². The van der Waals surface area contributed by atoms with Gasteiger partial charge in [-0.05, 0) is 45.4 Å². The van der Waals surface area contributed by atoms with Crippen LogP contribution in [0.1, 0.15) is 33.3 Å². The van der Waals surface area contributed by atoms with E-state index in [1.807, 2.05) is 39.8 Å². The van der Waals surface area contributed by atoms with Gasteiger partial charge in [0.15, 0.2) is 0 Å². The first-order chi connectivity index (χ1) is 8.70. The first-order valence-corrected chi connectivity index (χ1v) is 7.08. The molecule has 19 heavy (non-hydrogen) atoms. The Morgan fingerprint density at radius 3 is 2.47 bits per heavy atom. The standard InChI is InChI=1S/C15H22BrNO2/c1-14(2,13(18)19-5)15(3,4)17-10-11-7-6-8-12(16)9-11/h6-9,17H,10H2,1-5H3. The highest BCUT2D eigenvalue weighted by Crippen LogP contribution is 2.32. The molecule has 0 saturated carbocycles. The van der Waals surface area contributed by atoms with E-state index in [0.717, 1.165) is 4.47 Å². The Morgan fingerprint density at radius 2 is 1.95 bits per heavy atom. The molecule has 0 radical (unpaired) electrons. The lowest BCUT2D eigenvalue weighted by Gasteiger charge is -2.40. The van der Waals surface area contributed by atoms with Crippen molar-refractivity contribution in [2.45, 2.75) is 39.8 Å². The lowest BCUT2D eigenvalue weighted by atomic mass is 9.74. The number of esters is 1. The molecular formula is C15H22BrNO2. The minimum atomic E-state index is -0.603. The summed E-state index contributed by atoms with van der Waals surface area (Å²) in [6.07, 6.45) is 0. The van der Waals surface area contributed by atoms with E-state index in [4.69, 9.17) is 4.74 Å². The van der Waals surface area contributed by atoms with Crippen molar-refractivity contribution >= 4 is 21.9 Å². The van der Waals surface area contributed by atoms with Crippen molar-refractivity contribution in [2.75, 3.05) is 7.11 Å². The summed E-state index contributed by atoms with van der Waals surface area (Å²) in [6.45, 7) is 8.52. The van der Waals surface area contributed by atoms with Gasteiger partial charge in [-0.2, -0.15) is 0 Å². The predicted octanol–water partition coefficient (Wildman–Crippen LogP) is 3.52. The van der Waals surface area contributed by atoms with E-state index in [9.17, 15) is 4.79 Å². The Bertz CT molecular complexity index is 455. The third kappa shape index (κ3) is 3.80. The largest absolute Gasteiger partial charge is 0.469 e. The maximum Gasteiger partial charge on any atom is 0.313 e. The molecule has 0 aliphatic rings. The van der Waals surface area contributed by atoms with Crippen LogP contribution in [0.25, 0.3) is 0 Å². The Morgan fingerprint density at radius 1 is 1.32 bits per heavy atom. The SMILES string of the molecule is COC(=O)C(C)(C)C(C)(C)NCc1cccc(Br)c1. The zero-order chi connectivity index (χ0) is 14.7. The van der Waals surface area contributed by atoms with E-state index >= 15 is 0 Å². The summed E-state index contributed by atoms with van der Waals surface area (Å²) >= 11 is 3.45. The molecule has 0 fully saturated rings. The normalized spacial score (nSPS) is 12.3. The van der Waals surface area contributed by atoms with Crippen molar-refractivity contribution in [3.05, 3.63) is 34.3 Å². The number of methoxy groups -OCH3 is 1. The Balaban J connectivity index is 2.77. The second-order valence-electron chi connectivity index (χ2n) is 5.73. The van der Waals surface area contributed by atoms with Crippen LogP contribution in [0, 0.1) is 5.41 Å². The van der Waals surface area contributed by atoms with Crippen LogP contribution in [0.2, 0.25) is 0 Å². The van der Waals surface area contributed by atoms with Crippen molar-refractivity contribution in [1.82, 2.24) is 5.32 Å². The molecule has 0 bridgehead atoms. The fourth-order valence-electron chi connectivity index (χ4n) is 1.70. The monoisotopic (exact) mass is 327 g/mol. The number of hydrogen-bond donors (Lipinski definition) is 1. The van der Waals surface area contributed by atoms with Crippen LogP contribution >= 0.6 is 15.9 Å². The fraction of sp³-hybridized carbons (Fsp3) is 0.533. The highest BCUT2D eigenvalue weighted by molar-refractivity contribution is 9.10. The Kier molecular flexibility index (Phi) is 5.16. The van der Waals surface area contributed by atoms with Gasteiger partial charge in [0, 0.05) is 16.6 Å². The van der Waals surface area contributed by atoms with Gasteiger partial charge in [-0.25, -0.2) is 0 Å². The van der Waals surface area contributed by atoms with Gasteiger partial charge in [0.2, 0.25) is 0 Å². The maximum atomic E-state index is 11.9. The first-order valence-electron chi connectivity index (χ1n) is 6.28. The number of rotatable bonds is 5. The number of carbonyl (C=O) groups is 1. The van der Waals surface area contributed by atoms with E-state index in [2.05, 4.69) is 33.4 Å². The van der Waals surface area contributed by atoms with Gasteiger partial charge in [0.05, 0.1) is 12.5 Å². The summed E-state index contributed by atoms with van der Waals surface area (Å²) in [7, 11) is 1.43. The first kappa shape index (κ1) is 16.2. The van der Waals surface area contributed by atoms with Crippen LogP contribution in [0.15, 0.2) is 28.7 Å². The highest BCUT2D eigenvalue weighted by atomic mass is 79.9. The highest BCUT2D eigenvalue weighted by Gasteiger charge is 2.43. The molecule has 1 aromatic carbocycles. The Hall–Kier alpha value is -0.870. The summed E-state index contributed by atoms with van der Waals surface area (Å²) in [5.74, 6) is -0.209. The molecule has 0 spiro atoms. The molecule has 4 heteroatoms. The van der Waals surface area contributed by atoms with E-state index in [0.29, 0.717) is 6.54 Å². The molecule has 0 atom stereocenters. The zero-order valence-electron chi connectivity index (χ0n) is 12.2. The number of benzene rings is 1. The zero-order valence-corrected chi connectivity index (χ0v) is 13.8. The molecule has 0 saturated heterocycles. The molecule has 0 unspecified atom stereocenters. The molecule has 106 valence electrons. The lowest BCUT2D eigenvalue weighted by molar-refractivity contribution is -0.155. The molecular weight excluding hydrogens is 306 g/mol. The van der Waals surface area contributed by atoms with Crippen molar-refractivity contribution < 1.29 is 9.53 Å². The predicted molar refractivity (Wildman–Crippen MR) is 80.9 cm³/mol. The fourth-order valence-corrected chi connectivity index (χ4v) is 2.15. The van der Waals surface area contributed by atoms with Crippen molar-refractivity contribution in [1.29, 1.82) is 0 Å². The lowest BCUT2D eigenvalue weighted by Crippen LogP contribution is -2.55. The van der Waals surface area contributed by atoms with Crippen molar-refractivity contribution in [3.8, 4) is 0 Å². The Labute approximate surface area is 123 Å². The average molecular weight is 328 g/mol. The maximum absolute atomic E-state index is 11.9. The minimum Gasteiger partial charge on any atom is -0.469 e. The van der Waals surface area contributed by atoms with Gasteiger partial charge in [0.1, 0.15) is 0 Å². The van der Waals surface area contributed by atoms with Crippen LogP contribution in [-0.4, -0.2) is 18.6 Å². The van der Waals surface area contributed by atoms with Gasteiger partial charge < -0.3 is 10.1 Å². The third-order valence-electron chi connectivity index (χ3n) is 3.88. The number of ether oxygens (including phenoxy) is 1. The van der Waals surface area contributed by atoms with Crippen LogP contribution in [0.3, 0.4) is 0 Å². The molecule has 0 aliphatic carbocycles. The van der Waals surface area contributed by atoms with E-state index in [1.54, 1.807) is 0 Å². The van der Waals surface area contributed by atoms with Crippen LogP contribution in [0.4, 0.5) is 0 Å².